The highest BCUT2D eigenvalue weighted by molar-refractivity contribution is 6.04. The number of piperidine rings is 1. The van der Waals surface area contributed by atoms with E-state index in [-0.39, 0.29) is 53.5 Å². The molecule has 4 rings (SSSR count). The SMILES string of the molecule is Cc1c(F)cccc1-c1cc(C(=O)[C@@H]2CCCNC2)ncc1C(=O)N1CCC[C@H]1C(F)(F)F. The van der Waals surface area contributed by atoms with E-state index in [0.717, 1.165) is 24.1 Å². The van der Waals surface area contributed by atoms with Crippen LogP contribution in [0.5, 0.6) is 0 Å². The molecule has 9 heteroatoms. The Morgan fingerprint density at radius 3 is 2.64 bits per heavy atom. The molecule has 1 N–H and O–H groups in total. The molecule has 33 heavy (non-hydrogen) atoms. The van der Waals surface area contributed by atoms with Gasteiger partial charge < -0.3 is 10.2 Å². The number of nitrogens with zero attached hydrogens (tertiary/aromatic N) is 2. The molecule has 0 spiro atoms. The average Bonchev–Trinajstić information content (AvgIpc) is 3.31. The second-order valence-electron chi connectivity index (χ2n) is 8.63. The lowest BCUT2D eigenvalue weighted by Crippen LogP contribution is -2.44. The second kappa shape index (κ2) is 9.21. The largest absolute Gasteiger partial charge is 0.408 e. The van der Waals surface area contributed by atoms with Gasteiger partial charge in [0, 0.05) is 25.2 Å². The first-order valence-corrected chi connectivity index (χ1v) is 11.1. The molecule has 5 nitrogen and oxygen atoms in total. The number of nitrogens with one attached hydrogen (secondary N) is 1. The van der Waals surface area contributed by atoms with Gasteiger partial charge in [-0.1, -0.05) is 12.1 Å². The van der Waals surface area contributed by atoms with E-state index in [1.54, 1.807) is 6.07 Å². The molecule has 0 unspecified atom stereocenters. The molecule has 2 saturated heterocycles. The van der Waals surface area contributed by atoms with Gasteiger partial charge in [-0.25, -0.2) is 4.39 Å². The van der Waals surface area contributed by atoms with Crippen LogP contribution < -0.4 is 5.32 Å². The van der Waals surface area contributed by atoms with Crippen LogP contribution in [-0.4, -0.2) is 53.4 Å². The fourth-order valence-corrected chi connectivity index (χ4v) is 4.67. The first-order chi connectivity index (χ1) is 15.7. The van der Waals surface area contributed by atoms with Crippen molar-refractivity contribution in [2.75, 3.05) is 19.6 Å². The van der Waals surface area contributed by atoms with Gasteiger partial charge in [0.25, 0.3) is 5.91 Å². The van der Waals surface area contributed by atoms with Crippen molar-refractivity contribution in [2.24, 2.45) is 5.92 Å². The van der Waals surface area contributed by atoms with Crippen molar-refractivity contribution >= 4 is 11.7 Å². The first kappa shape index (κ1) is 23.4. The normalized spacial score (nSPS) is 21.3. The monoisotopic (exact) mass is 463 g/mol. The van der Waals surface area contributed by atoms with Crippen molar-refractivity contribution in [3.63, 3.8) is 0 Å². The molecule has 1 amide bonds. The summed E-state index contributed by atoms with van der Waals surface area (Å²) in [6.45, 7) is 2.84. The third-order valence-corrected chi connectivity index (χ3v) is 6.50. The van der Waals surface area contributed by atoms with Crippen molar-refractivity contribution in [1.82, 2.24) is 15.2 Å². The molecule has 0 bridgehead atoms. The third-order valence-electron chi connectivity index (χ3n) is 6.50. The van der Waals surface area contributed by atoms with Crippen LogP contribution in [0.1, 0.15) is 52.1 Å². The summed E-state index contributed by atoms with van der Waals surface area (Å²) in [5, 5.41) is 3.17. The zero-order valence-corrected chi connectivity index (χ0v) is 18.2. The number of aromatic nitrogens is 1. The number of Topliss-reactive ketones (excluding diaryl/α,β-unsaturated/α-hetero) is 1. The fraction of sp³-hybridized carbons (Fsp3) is 0.458. The highest BCUT2D eigenvalue weighted by Gasteiger charge is 2.48. The minimum atomic E-state index is -4.54. The van der Waals surface area contributed by atoms with E-state index in [9.17, 15) is 27.2 Å². The predicted octanol–water partition coefficient (Wildman–Crippen LogP) is 4.55. The molecule has 1 aromatic heterocycles. The first-order valence-electron chi connectivity index (χ1n) is 11.1. The summed E-state index contributed by atoms with van der Waals surface area (Å²) >= 11 is 0. The Balaban J connectivity index is 1.79. The van der Waals surface area contributed by atoms with Crippen molar-refractivity contribution in [3.05, 3.63) is 53.1 Å². The molecule has 0 saturated carbocycles. The van der Waals surface area contributed by atoms with E-state index in [1.807, 2.05) is 0 Å². The number of hydrogen-bond donors (Lipinski definition) is 1. The lowest BCUT2D eigenvalue weighted by atomic mass is 9.90. The Morgan fingerprint density at radius 1 is 1.15 bits per heavy atom. The Morgan fingerprint density at radius 2 is 1.94 bits per heavy atom. The van der Waals surface area contributed by atoms with Crippen molar-refractivity contribution in [3.8, 4) is 11.1 Å². The van der Waals surface area contributed by atoms with E-state index in [1.165, 1.54) is 25.1 Å². The number of hydrogen-bond acceptors (Lipinski definition) is 4. The molecule has 2 atom stereocenters. The predicted molar refractivity (Wildman–Crippen MR) is 114 cm³/mol. The number of likely N-dealkylation sites (tertiary alicyclic amines) is 1. The summed E-state index contributed by atoms with van der Waals surface area (Å²) in [5.41, 5.74) is 0.849. The van der Waals surface area contributed by atoms with Crippen LogP contribution >= 0.6 is 0 Å². The van der Waals surface area contributed by atoms with Gasteiger partial charge in [0.05, 0.1) is 5.56 Å². The number of ketones is 1. The van der Waals surface area contributed by atoms with Crippen LogP contribution in [0, 0.1) is 18.7 Å². The second-order valence-corrected chi connectivity index (χ2v) is 8.63. The molecule has 0 aliphatic carbocycles. The van der Waals surface area contributed by atoms with E-state index in [4.69, 9.17) is 0 Å². The Bertz CT molecular complexity index is 1060. The molecule has 0 radical (unpaired) electrons. The molecule has 2 fully saturated rings. The summed E-state index contributed by atoms with van der Waals surface area (Å²) < 4.78 is 54.8. The highest BCUT2D eigenvalue weighted by Crippen LogP contribution is 2.36. The van der Waals surface area contributed by atoms with E-state index >= 15 is 0 Å². The Hall–Kier alpha value is -2.81. The topological polar surface area (TPSA) is 62.3 Å². The van der Waals surface area contributed by atoms with Crippen molar-refractivity contribution in [2.45, 2.75) is 44.8 Å². The number of pyridine rings is 1. The van der Waals surface area contributed by atoms with Gasteiger partial charge in [-0.3, -0.25) is 14.6 Å². The number of halogens is 4. The summed E-state index contributed by atoms with van der Waals surface area (Å²) in [5.74, 6) is -1.81. The van der Waals surface area contributed by atoms with Gasteiger partial charge in [0.1, 0.15) is 17.6 Å². The molecule has 2 aliphatic heterocycles. The summed E-state index contributed by atoms with van der Waals surface area (Å²) in [4.78, 5) is 31.3. The van der Waals surface area contributed by atoms with E-state index in [0.29, 0.717) is 18.5 Å². The summed E-state index contributed by atoms with van der Waals surface area (Å²) in [6.07, 6.45) is -1.76. The van der Waals surface area contributed by atoms with Gasteiger partial charge in [0.15, 0.2) is 5.78 Å². The van der Waals surface area contributed by atoms with Gasteiger partial charge in [-0.15, -0.1) is 0 Å². The van der Waals surface area contributed by atoms with Crippen LogP contribution in [0.3, 0.4) is 0 Å². The van der Waals surface area contributed by atoms with Gasteiger partial charge in [-0.05, 0) is 68.0 Å². The van der Waals surface area contributed by atoms with Gasteiger partial charge in [0.2, 0.25) is 0 Å². The van der Waals surface area contributed by atoms with Crippen LogP contribution in [0.15, 0.2) is 30.5 Å². The standard InChI is InChI=1S/C24H25F4N3O2/c1-14-16(6-2-7-19(14)25)17-11-20(22(32)15-5-3-9-29-12-15)30-13-18(17)23(33)31-10-4-8-21(31)24(26,27)28/h2,6-7,11,13,15,21,29H,3-5,8-10,12H2,1H3/t15-,21+/m1/s1. The maximum Gasteiger partial charge on any atom is 0.408 e. The van der Waals surface area contributed by atoms with Crippen molar-refractivity contribution < 1.29 is 27.2 Å². The number of alkyl halides is 3. The minimum Gasteiger partial charge on any atom is -0.326 e. The van der Waals surface area contributed by atoms with Crippen molar-refractivity contribution in [1.29, 1.82) is 0 Å². The quantitative estimate of drug-likeness (QED) is 0.534. The zero-order chi connectivity index (χ0) is 23.8. The molecule has 3 heterocycles. The Kier molecular flexibility index (Phi) is 6.52. The molecule has 2 aliphatic rings. The molecule has 1 aromatic carbocycles. The molecule has 176 valence electrons. The van der Waals surface area contributed by atoms with E-state index in [2.05, 4.69) is 10.3 Å². The van der Waals surface area contributed by atoms with Crippen LogP contribution in [0.2, 0.25) is 0 Å². The summed E-state index contributed by atoms with van der Waals surface area (Å²) in [7, 11) is 0. The maximum absolute atomic E-state index is 14.3. The summed E-state index contributed by atoms with van der Waals surface area (Å²) in [6, 6.07) is 3.87. The number of rotatable bonds is 4. The minimum absolute atomic E-state index is 0.0288. The Labute approximate surface area is 189 Å². The lowest BCUT2D eigenvalue weighted by molar-refractivity contribution is -0.169. The fourth-order valence-electron chi connectivity index (χ4n) is 4.67. The average molecular weight is 463 g/mol. The van der Waals surface area contributed by atoms with Crippen LogP contribution in [0.25, 0.3) is 11.1 Å². The third kappa shape index (κ3) is 4.64. The van der Waals surface area contributed by atoms with Crippen LogP contribution in [-0.2, 0) is 0 Å². The number of amides is 1. The van der Waals surface area contributed by atoms with Gasteiger partial charge in [-0.2, -0.15) is 13.2 Å². The molecular weight excluding hydrogens is 438 g/mol. The van der Waals surface area contributed by atoms with E-state index < -0.39 is 23.9 Å². The number of benzene rings is 1. The number of carbonyl (C=O) groups excluding carboxylic acids is 2. The lowest BCUT2D eigenvalue weighted by Gasteiger charge is -2.27. The number of carbonyl (C=O) groups is 2. The maximum atomic E-state index is 14.3. The van der Waals surface area contributed by atoms with Crippen LogP contribution in [0.4, 0.5) is 17.6 Å². The smallest absolute Gasteiger partial charge is 0.326 e. The zero-order valence-electron chi connectivity index (χ0n) is 18.2. The van der Waals surface area contributed by atoms with Gasteiger partial charge >= 0.3 is 6.18 Å². The molecule has 2 aromatic rings. The molecular formula is C24H25F4N3O2. The highest BCUT2D eigenvalue weighted by atomic mass is 19.4.